The predicted molar refractivity (Wildman–Crippen MR) is 78.3 cm³/mol. The molecule has 1 aliphatic rings. The molecule has 0 radical (unpaired) electrons. The molecule has 2 heterocycles. The summed E-state index contributed by atoms with van der Waals surface area (Å²) in [6, 6.07) is 7.28. The van der Waals surface area contributed by atoms with Crippen molar-refractivity contribution in [3.05, 3.63) is 28.8 Å². The van der Waals surface area contributed by atoms with Crippen LogP contribution in [0.5, 0.6) is 0 Å². The number of hydrogen-bond acceptors (Lipinski definition) is 3. The lowest BCUT2D eigenvalue weighted by Gasteiger charge is -2.22. The molecule has 2 nitrogen and oxygen atoms in total. The van der Waals surface area contributed by atoms with Gasteiger partial charge in [-0.15, -0.1) is 11.3 Å². The van der Waals surface area contributed by atoms with E-state index in [0.717, 1.165) is 6.42 Å². The van der Waals surface area contributed by atoms with E-state index < -0.39 is 0 Å². The maximum atomic E-state index is 4.75. The summed E-state index contributed by atoms with van der Waals surface area (Å²) in [6.07, 6.45) is 6.42. The minimum Gasteiger partial charge on any atom is -0.314 e. The van der Waals surface area contributed by atoms with Crippen molar-refractivity contribution in [2.75, 3.05) is 6.54 Å². The highest BCUT2D eigenvalue weighted by atomic mass is 32.1. The average Bonchev–Trinajstić information content (AvgIpc) is 2.79. The molecule has 0 amide bonds. The molecule has 3 heteroatoms. The SMILES string of the molecule is Cc1ccc2sc(CCC3CCCCN3)nc2c1. The molecule has 1 aromatic heterocycles. The van der Waals surface area contributed by atoms with Crippen LogP contribution < -0.4 is 5.32 Å². The molecule has 18 heavy (non-hydrogen) atoms. The number of hydrogen-bond donors (Lipinski definition) is 1. The van der Waals surface area contributed by atoms with E-state index in [1.54, 1.807) is 0 Å². The first-order valence-corrected chi connectivity index (χ1v) is 7.72. The predicted octanol–water partition coefficient (Wildman–Crippen LogP) is 3.68. The number of fused-ring (bicyclic) bond motifs is 1. The second-order valence-electron chi connectivity index (χ2n) is 5.26. The summed E-state index contributed by atoms with van der Waals surface area (Å²) in [4.78, 5) is 4.75. The van der Waals surface area contributed by atoms with Gasteiger partial charge in [0.2, 0.25) is 0 Å². The summed E-state index contributed by atoms with van der Waals surface area (Å²) < 4.78 is 1.33. The van der Waals surface area contributed by atoms with Crippen LogP contribution in [-0.2, 0) is 6.42 Å². The maximum Gasteiger partial charge on any atom is 0.0939 e. The van der Waals surface area contributed by atoms with Gasteiger partial charge in [-0.2, -0.15) is 0 Å². The Morgan fingerprint density at radius 2 is 2.33 bits per heavy atom. The van der Waals surface area contributed by atoms with Gasteiger partial charge >= 0.3 is 0 Å². The van der Waals surface area contributed by atoms with Crippen LogP contribution in [0.2, 0.25) is 0 Å². The lowest BCUT2D eigenvalue weighted by Crippen LogP contribution is -2.34. The summed E-state index contributed by atoms with van der Waals surface area (Å²) in [5.41, 5.74) is 2.47. The molecule has 1 fully saturated rings. The number of nitrogens with zero attached hydrogens (tertiary/aromatic N) is 1. The van der Waals surface area contributed by atoms with Crippen molar-refractivity contribution in [2.45, 2.75) is 45.1 Å². The topological polar surface area (TPSA) is 24.9 Å². The molecule has 2 aromatic rings. The largest absolute Gasteiger partial charge is 0.314 e. The monoisotopic (exact) mass is 260 g/mol. The van der Waals surface area contributed by atoms with Gasteiger partial charge < -0.3 is 5.32 Å². The van der Waals surface area contributed by atoms with Crippen molar-refractivity contribution >= 4 is 21.6 Å². The molecule has 0 aliphatic carbocycles. The zero-order valence-corrected chi connectivity index (χ0v) is 11.7. The van der Waals surface area contributed by atoms with Gasteiger partial charge in [0.15, 0.2) is 0 Å². The average molecular weight is 260 g/mol. The third-order valence-corrected chi connectivity index (χ3v) is 4.80. The van der Waals surface area contributed by atoms with E-state index in [4.69, 9.17) is 4.98 Å². The molecule has 1 N–H and O–H groups in total. The molecule has 0 bridgehead atoms. The number of rotatable bonds is 3. The Morgan fingerprint density at radius 1 is 1.39 bits per heavy atom. The van der Waals surface area contributed by atoms with Crippen molar-refractivity contribution in [3.8, 4) is 0 Å². The second-order valence-corrected chi connectivity index (χ2v) is 6.38. The Hall–Kier alpha value is -0.930. The lowest BCUT2D eigenvalue weighted by molar-refractivity contribution is 0.383. The van der Waals surface area contributed by atoms with Crippen LogP contribution >= 0.6 is 11.3 Å². The molecule has 0 saturated carbocycles. The second kappa shape index (κ2) is 5.37. The van der Waals surface area contributed by atoms with Gasteiger partial charge in [-0.05, 0) is 50.4 Å². The van der Waals surface area contributed by atoms with Crippen molar-refractivity contribution in [2.24, 2.45) is 0 Å². The zero-order chi connectivity index (χ0) is 12.4. The van der Waals surface area contributed by atoms with E-state index in [-0.39, 0.29) is 0 Å². The number of aryl methyl sites for hydroxylation is 2. The van der Waals surface area contributed by atoms with Crippen molar-refractivity contribution in [1.82, 2.24) is 10.3 Å². The highest BCUT2D eigenvalue weighted by Crippen LogP contribution is 2.24. The van der Waals surface area contributed by atoms with Crippen LogP contribution in [0.4, 0.5) is 0 Å². The minimum atomic E-state index is 0.715. The molecule has 96 valence electrons. The lowest BCUT2D eigenvalue weighted by atomic mass is 10.0. The molecular formula is C15H20N2S. The van der Waals surface area contributed by atoms with E-state index in [0.29, 0.717) is 6.04 Å². The van der Waals surface area contributed by atoms with Gasteiger partial charge in [-0.25, -0.2) is 4.98 Å². The summed E-state index contributed by atoms with van der Waals surface area (Å²) in [5.74, 6) is 0. The summed E-state index contributed by atoms with van der Waals surface area (Å²) >= 11 is 1.86. The molecule has 1 unspecified atom stereocenters. The fourth-order valence-electron chi connectivity index (χ4n) is 2.66. The highest BCUT2D eigenvalue weighted by molar-refractivity contribution is 7.18. The smallest absolute Gasteiger partial charge is 0.0939 e. The number of aromatic nitrogens is 1. The van der Waals surface area contributed by atoms with Crippen molar-refractivity contribution < 1.29 is 0 Å². The Kier molecular flexibility index (Phi) is 3.62. The summed E-state index contributed by atoms with van der Waals surface area (Å²) in [7, 11) is 0. The number of piperidine rings is 1. The Labute approximate surface area is 112 Å². The Morgan fingerprint density at radius 3 is 3.17 bits per heavy atom. The molecular weight excluding hydrogens is 240 g/mol. The zero-order valence-electron chi connectivity index (χ0n) is 10.9. The summed E-state index contributed by atoms with van der Waals surface area (Å²) in [6.45, 7) is 3.33. The van der Waals surface area contributed by atoms with Gasteiger partial charge in [-0.3, -0.25) is 0 Å². The first kappa shape index (κ1) is 12.1. The Balaban J connectivity index is 1.67. The van der Waals surface area contributed by atoms with E-state index in [1.165, 1.54) is 53.0 Å². The molecule has 1 saturated heterocycles. The molecule has 3 rings (SSSR count). The maximum absolute atomic E-state index is 4.75. The third-order valence-electron chi connectivity index (χ3n) is 3.71. The van der Waals surface area contributed by atoms with Gasteiger partial charge in [0.25, 0.3) is 0 Å². The highest BCUT2D eigenvalue weighted by Gasteiger charge is 2.13. The van der Waals surface area contributed by atoms with E-state index in [1.807, 2.05) is 11.3 Å². The molecule has 1 atom stereocenters. The normalized spacial score (nSPS) is 20.4. The van der Waals surface area contributed by atoms with E-state index >= 15 is 0 Å². The molecule has 0 spiro atoms. The van der Waals surface area contributed by atoms with Crippen LogP contribution in [0.15, 0.2) is 18.2 Å². The number of benzene rings is 1. The van der Waals surface area contributed by atoms with Crippen LogP contribution in [0.1, 0.15) is 36.3 Å². The van der Waals surface area contributed by atoms with Gasteiger partial charge in [0.1, 0.15) is 0 Å². The van der Waals surface area contributed by atoms with Crippen LogP contribution in [0.3, 0.4) is 0 Å². The number of nitrogens with one attached hydrogen (secondary N) is 1. The third kappa shape index (κ3) is 2.73. The fourth-order valence-corrected chi connectivity index (χ4v) is 3.62. The van der Waals surface area contributed by atoms with E-state index in [2.05, 4.69) is 30.4 Å². The first-order chi connectivity index (χ1) is 8.81. The fraction of sp³-hybridized carbons (Fsp3) is 0.533. The molecule has 1 aromatic carbocycles. The molecule has 1 aliphatic heterocycles. The first-order valence-electron chi connectivity index (χ1n) is 6.91. The van der Waals surface area contributed by atoms with Crippen LogP contribution in [0.25, 0.3) is 10.2 Å². The standard InChI is InChI=1S/C15H20N2S/c1-11-5-7-14-13(10-11)17-15(18-14)8-6-12-4-2-3-9-16-12/h5,7,10,12,16H,2-4,6,8-9H2,1H3. The Bertz CT molecular complexity index is 526. The van der Waals surface area contributed by atoms with Crippen LogP contribution in [0, 0.1) is 6.92 Å². The summed E-state index contributed by atoms with van der Waals surface area (Å²) in [5, 5.41) is 4.90. The van der Waals surface area contributed by atoms with Crippen molar-refractivity contribution in [3.63, 3.8) is 0 Å². The minimum absolute atomic E-state index is 0.715. The van der Waals surface area contributed by atoms with Crippen LogP contribution in [-0.4, -0.2) is 17.6 Å². The van der Waals surface area contributed by atoms with Gasteiger partial charge in [-0.1, -0.05) is 12.5 Å². The van der Waals surface area contributed by atoms with Gasteiger partial charge in [0.05, 0.1) is 15.2 Å². The van der Waals surface area contributed by atoms with Gasteiger partial charge in [0, 0.05) is 12.5 Å². The quantitative estimate of drug-likeness (QED) is 0.910. The number of thiazole rings is 1. The van der Waals surface area contributed by atoms with Crippen molar-refractivity contribution in [1.29, 1.82) is 0 Å². The van der Waals surface area contributed by atoms with E-state index in [9.17, 15) is 0 Å².